The van der Waals surface area contributed by atoms with Gasteiger partial charge in [-0.15, -0.1) is 0 Å². The van der Waals surface area contributed by atoms with E-state index in [1.165, 1.54) is 26.0 Å². The molecule has 0 radical (unpaired) electrons. The third kappa shape index (κ3) is 5.53. The van der Waals surface area contributed by atoms with Crippen LogP contribution in [0.1, 0.15) is 18.9 Å². The third-order valence-corrected chi connectivity index (χ3v) is 7.98. The number of hydrogen-bond donors (Lipinski definition) is 5. The lowest BCUT2D eigenvalue weighted by molar-refractivity contribution is -0.0625. The molecule has 0 aliphatic carbocycles. The number of aliphatic hydroxyl groups excluding tert-OH is 2. The molecule has 19 heteroatoms. The zero-order chi connectivity index (χ0) is 27.9. The first kappa shape index (κ1) is 27.9. The van der Waals surface area contributed by atoms with E-state index < -0.39 is 67.6 Å². The molecule has 0 bridgehead atoms. The topological polar surface area (TPSA) is 231 Å². The Morgan fingerprint density at radius 2 is 2.03 bits per heavy atom. The van der Waals surface area contributed by atoms with Crippen molar-refractivity contribution in [3.63, 3.8) is 0 Å². The second-order valence-electron chi connectivity index (χ2n) is 8.81. The highest BCUT2D eigenvalue weighted by molar-refractivity contribution is 8.07. The number of methoxy groups -OCH3 is 1. The summed E-state index contributed by atoms with van der Waals surface area (Å²) in [5.74, 6) is 0.203. The van der Waals surface area contributed by atoms with Gasteiger partial charge in [0.25, 0.3) is 5.56 Å². The van der Waals surface area contributed by atoms with Gasteiger partial charge in [0.2, 0.25) is 0 Å². The number of ether oxygens (including phenoxy) is 3. The van der Waals surface area contributed by atoms with Crippen LogP contribution in [-0.4, -0.2) is 95.0 Å². The number of nitrogens with one attached hydrogen (secondary N) is 1. The van der Waals surface area contributed by atoms with Gasteiger partial charge in [0, 0.05) is 25.8 Å². The molecule has 2 saturated heterocycles. The number of imidazole rings is 1. The fourth-order valence-electron chi connectivity index (χ4n) is 4.55. The second-order valence-corrected chi connectivity index (χ2v) is 11.6. The van der Waals surface area contributed by atoms with Crippen molar-refractivity contribution in [3.8, 4) is 0 Å². The number of aliphatic hydroxyl groups is 2. The molecule has 0 saturated carbocycles. The number of nitrogen functional groups attached to an aromatic ring is 1. The first-order valence-corrected chi connectivity index (χ1v) is 14.2. The van der Waals surface area contributed by atoms with E-state index in [0.29, 0.717) is 11.2 Å². The standard InChI is InChI=1S/C20H26N7O10PS/c1-33-16-15(10(5-28)36-19(16)26-3-2-12(30)25-20(26)31)37-38(32,39)34-6-11-9(29)4-13(35-11)27-8-24-14-17(21)22-7-23-18(14)27/h2-3,7-11,13,15-16,19,28-29H,4-6H2,1H3,(H,32,39)(H2,21,22,23)(H,25,30,31)/t9-,10-,11-,13-,15+,16?,19-,38?/m1/s1. The Morgan fingerprint density at radius 1 is 1.23 bits per heavy atom. The third-order valence-electron chi connectivity index (χ3n) is 6.42. The first-order valence-electron chi connectivity index (χ1n) is 11.6. The van der Waals surface area contributed by atoms with Crippen molar-refractivity contribution in [3.05, 3.63) is 45.8 Å². The molecule has 2 aliphatic rings. The predicted molar refractivity (Wildman–Crippen MR) is 135 cm³/mol. The van der Waals surface area contributed by atoms with Crippen LogP contribution in [0.15, 0.2) is 34.5 Å². The fourth-order valence-corrected chi connectivity index (χ4v) is 5.99. The zero-order valence-electron chi connectivity index (χ0n) is 20.3. The lowest BCUT2D eigenvalue weighted by atomic mass is 10.1. The van der Waals surface area contributed by atoms with Crippen LogP contribution in [0.2, 0.25) is 0 Å². The van der Waals surface area contributed by atoms with E-state index in [-0.39, 0.29) is 18.8 Å². The summed E-state index contributed by atoms with van der Waals surface area (Å²) >= 11 is 5.17. The van der Waals surface area contributed by atoms with Crippen molar-refractivity contribution in [1.82, 2.24) is 29.1 Å². The number of fused-ring (bicyclic) bond motifs is 1. The highest BCUT2D eigenvalue weighted by Gasteiger charge is 2.49. The summed E-state index contributed by atoms with van der Waals surface area (Å²) in [5.41, 5.74) is 5.27. The Morgan fingerprint density at radius 3 is 2.74 bits per heavy atom. The summed E-state index contributed by atoms with van der Waals surface area (Å²) < 4.78 is 30.9. The van der Waals surface area contributed by atoms with Crippen LogP contribution in [0.25, 0.3) is 11.2 Å². The number of H-pyrrole nitrogens is 1. The number of aromatic amines is 1. The van der Waals surface area contributed by atoms with Crippen molar-refractivity contribution in [2.45, 2.75) is 49.4 Å². The summed E-state index contributed by atoms with van der Waals surface area (Å²) in [4.78, 5) is 48.9. The molecular formula is C20H26N7O10PS. The fraction of sp³-hybridized carbons (Fsp3) is 0.550. The molecule has 6 N–H and O–H groups in total. The molecule has 2 fully saturated rings. The van der Waals surface area contributed by atoms with E-state index in [1.54, 1.807) is 4.57 Å². The van der Waals surface area contributed by atoms with Gasteiger partial charge in [-0.2, -0.15) is 0 Å². The number of hydrogen-bond acceptors (Lipinski definition) is 14. The number of nitrogens with zero attached hydrogens (tertiary/aromatic N) is 5. The van der Waals surface area contributed by atoms with Gasteiger partial charge in [0.1, 0.15) is 42.5 Å². The lowest BCUT2D eigenvalue weighted by Gasteiger charge is -2.27. The van der Waals surface area contributed by atoms with Crippen molar-refractivity contribution in [1.29, 1.82) is 0 Å². The maximum Gasteiger partial charge on any atom is 0.330 e. The van der Waals surface area contributed by atoms with Gasteiger partial charge in [0.05, 0.1) is 25.6 Å². The lowest BCUT2D eigenvalue weighted by Crippen LogP contribution is -2.40. The van der Waals surface area contributed by atoms with E-state index in [2.05, 4.69) is 19.9 Å². The van der Waals surface area contributed by atoms with Crippen molar-refractivity contribution in [2.24, 2.45) is 0 Å². The van der Waals surface area contributed by atoms with Crippen LogP contribution in [-0.2, 0) is 35.1 Å². The molecule has 212 valence electrons. The SMILES string of the molecule is COC1[C@@H](OP(O)(=S)OC[C@H]2O[C@@H](n3cnc4c(N)ncnc43)C[C@H]2O)[C@@H](CO)O[C@H]1n1ccc(=O)[nH]c1=O. The van der Waals surface area contributed by atoms with Gasteiger partial charge >= 0.3 is 12.4 Å². The van der Waals surface area contributed by atoms with Crippen LogP contribution in [0.3, 0.4) is 0 Å². The Kier molecular flexibility index (Phi) is 7.93. The number of nitrogens with two attached hydrogens (primary N) is 1. The molecule has 0 amide bonds. The van der Waals surface area contributed by atoms with E-state index in [0.717, 1.165) is 10.6 Å². The van der Waals surface area contributed by atoms with Crippen LogP contribution in [0, 0.1) is 0 Å². The Bertz CT molecular complexity index is 1500. The van der Waals surface area contributed by atoms with E-state index in [1.807, 2.05) is 0 Å². The van der Waals surface area contributed by atoms with Crippen LogP contribution in [0.5, 0.6) is 0 Å². The van der Waals surface area contributed by atoms with Gasteiger partial charge in [-0.1, -0.05) is 0 Å². The molecule has 3 aromatic heterocycles. The highest BCUT2D eigenvalue weighted by atomic mass is 32.5. The minimum absolute atomic E-state index is 0.170. The molecule has 0 spiro atoms. The molecule has 5 heterocycles. The summed E-state index contributed by atoms with van der Waals surface area (Å²) in [6.45, 7) is -4.90. The summed E-state index contributed by atoms with van der Waals surface area (Å²) in [6.07, 6.45) is -2.72. The van der Waals surface area contributed by atoms with Gasteiger partial charge < -0.3 is 39.6 Å². The largest absolute Gasteiger partial charge is 0.394 e. The smallest absolute Gasteiger partial charge is 0.330 e. The Balaban J connectivity index is 1.26. The molecule has 8 atom stereocenters. The van der Waals surface area contributed by atoms with Gasteiger partial charge in [-0.25, -0.2) is 19.7 Å². The molecule has 0 aromatic carbocycles. The molecule has 5 rings (SSSR count). The van der Waals surface area contributed by atoms with Gasteiger partial charge in [-0.05, 0) is 11.8 Å². The highest BCUT2D eigenvalue weighted by Crippen LogP contribution is 2.49. The number of aromatic nitrogens is 6. The van der Waals surface area contributed by atoms with E-state index in [9.17, 15) is 24.7 Å². The van der Waals surface area contributed by atoms with Crippen molar-refractivity contribution in [2.75, 3.05) is 26.1 Å². The minimum Gasteiger partial charge on any atom is -0.394 e. The molecular weight excluding hydrogens is 561 g/mol. The molecule has 17 nitrogen and oxygen atoms in total. The Hall–Kier alpha value is -2.64. The van der Waals surface area contributed by atoms with Crippen LogP contribution in [0.4, 0.5) is 5.82 Å². The monoisotopic (exact) mass is 587 g/mol. The molecule has 2 unspecified atom stereocenters. The van der Waals surface area contributed by atoms with Crippen molar-refractivity contribution >= 4 is 35.5 Å². The average Bonchev–Trinajstić information content (AvgIpc) is 3.58. The molecule has 3 aromatic rings. The minimum atomic E-state index is -4.02. The van der Waals surface area contributed by atoms with Crippen LogP contribution < -0.4 is 17.0 Å². The number of rotatable bonds is 9. The van der Waals surface area contributed by atoms with Gasteiger partial charge in [0.15, 0.2) is 17.7 Å². The average molecular weight is 588 g/mol. The molecule has 2 aliphatic heterocycles. The maximum absolute atomic E-state index is 12.3. The normalized spacial score (nSPS) is 30.6. The summed E-state index contributed by atoms with van der Waals surface area (Å²) in [5, 5.41) is 20.4. The Labute approximate surface area is 224 Å². The molecule has 39 heavy (non-hydrogen) atoms. The van der Waals surface area contributed by atoms with E-state index in [4.69, 9.17) is 40.8 Å². The number of anilines is 1. The van der Waals surface area contributed by atoms with Crippen LogP contribution >= 0.6 is 6.72 Å². The van der Waals surface area contributed by atoms with E-state index >= 15 is 0 Å². The summed E-state index contributed by atoms with van der Waals surface area (Å²) in [6, 6.07) is 1.12. The predicted octanol–water partition coefficient (Wildman–Crippen LogP) is -1.87. The zero-order valence-corrected chi connectivity index (χ0v) is 22.1. The van der Waals surface area contributed by atoms with Crippen molar-refractivity contribution < 1.29 is 38.4 Å². The van der Waals surface area contributed by atoms with Gasteiger partial charge in [-0.3, -0.25) is 23.4 Å². The second kappa shape index (κ2) is 11.1. The quantitative estimate of drug-likeness (QED) is 0.173. The first-order chi connectivity index (χ1) is 18.6. The summed E-state index contributed by atoms with van der Waals surface area (Å²) in [7, 11) is 1.32. The maximum atomic E-state index is 12.3.